The van der Waals surface area contributed by atoms with Gasteiger partial charge >= 0.3 is 5.97 Å². The van der Waals surface area contributed by atoms with Gasteiger partial charge in [-0.15, -0.1) is 0 Å². The first kappa shape index (κ1) is 14.6. The number of hydrogen-bond acceptors (Lipinski definition) is 2. The average Bonchev–Trinajstić information content (AvgIpc) is 2.24. The van der Waals surface area contributed by atoms with E-state index in [4.69, 9.17) is 9.84 Å². The second kappa shape index (κ2) is 5.92. The maximum atomic E-state index is 11.0. The number of halogens is 1. The summed E-state index contributed by atoms with van der Waals surface area (Å²) in [5.41, 5.74) is 0.0422. The van der Waals surface area contributed by atoms with Gasteiger partial charge in [-0.3, -0.25) is 0 Å². The molecule has 0 aliphatic heterocycles. The van der Waals surface area contributed by atoms with Gasteiger partial charge in [0.05, 0.1) is 0 Å². The van der Waals surface area contributed by atoms with Gasteiger partial charge in [-0.25, -0.2) is 4.79 Å². The summed E-state index contributed by atoms with van der Waals surface area (Å²) in [6.45, 7) is 6.19. The highest BCUT2D eigenvalue weighted by atomic mass is 79.9. The molecular formula is C14H15BrO3. The van der Waals surface area contributed by atoms with E-state index in [0.29, 0.717) is 10.2 Å². The summed E-state index contributed by atoms with van der Waals surface area (Å²) in [6.07, 6.45) is 0. The van der Waals surface area contributed by atoms with Crippen molar-refractivity contribution < 1.29 is 14.6 Å². The predicted octanol–water partition coefficient (Wildman–Crippen LogP) is 3.58. The average molecular weight is 311 g/mol. The van der Waals surface area contributed by atoms with Crippen molar-refractivity contribution >= 4 is 21.9 Å². The molecule has 18 heavy (non-hydrogen) atoms. The van der Waals surface area contributed by atoms with Crippen LogP contribution in [0.3, 0.4) is 0 Å². The van der Waals surface area contributed by atoms with E-state index in [1.807, 2.05) is 20.8 Å². The third-order valence-corrected chi connectivity index (χ3v) is 2.43. The number of rotatable bonds is 3. The lowest BCUT2D eigenvalue weighted by Crippen LogP contribution is -2.05. The predicted molar refractivity (Wildman–Crippen MR) is 73.8 cm³/mol. The normalized spacial score (nSPS) is 10.4. The maximum Gasteiger partial charge on any atom is 0.339 e. The first-order valence-corrected chi connectivity index (χ1v) is 6.24. The van der Waals surface area contributed by atoms with Gasteiger partial charge in [0.25, 0.3) is 0 Å². The fourth-order valence-corrected chi connectivity index (χ4v) is 1.57. The van der Waals surface area contributed by atoms with E-state index in [1.165, 1.54) is 6.07 Å². The summed E-state index contributed by atoms with van der Waals surface area (Å²) in [5.74, 6) is 5.21. The Bertz CT molecular complexity index is 504. The second-order valence-electron chi connectivity index (χ2n) is 4.79. The highest BCUT2D eigenvalue weighted by molar-refractivity contribution is 9.10. The zero-order valence-corrected chi connectivity index (χ0v) is 12.2. The Hall–Kier alpha value is -1.47. The molecule has 0 aromatic heterocycles. The van der Waals surface area contributed by atoms with Crippen LogP contribution in [0.15, 0.2) is 22.7 Å². The number of carbonyl (C=O) groups is 1. The largest absolute Gasteiger partial charge is 0.480 e. The first-order chi connectivity index (χ1) is 8.29. The Balaban J connectivity index is 2.79. The third kappa shape index (κ3) is 4.80. The van der Waals surface area contributed by atoms with Crippen LogP contribution in [0.2, 0.25) is 0 Å². The highest BCUT2D eigenvalue weighted by Gasteiger charge is 2.11. The van der Waals surface area contributed by atoms with Crippen molar-refractivity contribution in [1.29, 1.82) is 0 Å². The third-order valence-electron chi connectivity index (χ3n) is 1.94. The van der Waals surface area contributed by atoms with Crippen LogP contribution in [-0.4, -0.2) is 17.7 Å². The van der Waals surface area contributed by atoms with Gasteiger partial charge < -0.3 is 9.84 Å². The number of aromatic carboxylic acids is 1. The number of hydrogen-bond donors (Lipinski definition) is 1. The van der Waals surface area contributed by atoms with Gasteiger partial charge in [-0.2, -0.15) is 0 Å². The molecule has 3 nitrogen and oxygen atoms in total. The Morgan fingerprint density at radius 1 is 1.44 bits per heavy atom. The van der Waals surface area contributed by atoms with Gasteiger partial charge in [0, 0.05) is 9.89 Å². The summed E-state index contributed by atoms with van der Waals surface area (Å²) in [7, 11) is 0. The molecule has 0 saturated carbocycles. The molecule has 1 N–H and O–H groups in total. The van der Waals surface area contributed by atoms with E-state index in [-0.39, 0.29) is 17.6 Å². The fourth-order valence-electron chi connectivity index (χ4n) is 1.21. The lowest BCUT2D eigenvalue weighted by molar-refractivity contribution is 0.0693. The molecule has 96 valence electrons. The van der Waals surface area contributed by atoms with Gasteiger partial charge in [-0.05, 0) is 39.0 Å². The number of carboxylic acids is 1. The number of ether oxygens (including phenoxy) is 1. The molecule has 0 unspecified atom stereocenters. The van der Waals surface area contributed by atoms with Crippen molar-refractivity contribution in [2.24, 2.45) is 5.41 Å². The minimum atomic E-state index is -1.02. The van der Waals surface area contributed by atoms with Crippen LogP contribution in [0.4, 0.5) is 0 Å². The van der Waals surface area contributed by atoms with Crippen LogP contribution in [0.5, 0.6) is 5.75 Å². The van der Waals surface area contributed by atoms with Gasteiger partial charge in [0.2, 0.25) is 0 Å². The van der Waals surface area contributed by atoms with Gasteiger partial charge in [0.15, 0.2) is 0 Å². The van der Waals surface area contributed by atoms with Crippen molar-refractivity contribution in [3.63, 3.8) is 0 Å². The Kier molecular flexibility index (Phi) is 4.80. The minimum absolute atomic E-state index is 0.0846. The van der Waals surface area contributed by atoms with Crippen molar-refractivity contribution in [2.75, 3.05) is 6.61 Å². The SMILES string of the molecule is CC(C)(C)C#CCOc1ccc(Br)cc1C(=O)O. The highest BCUT2D eigenvalue weighted by Crippen LogP contribution is 2.23. The van der Waals surface area contributed by atoms with Crippen LogP contribution >= 0.6 is 15.9 Å². The van der Waals surface area contributed by atoms with E-state index in [2.05, 4.69) is 27.8 Å². The summed E-state index contributed by atoms with van der Waals surface area (Å²) in [6, 6.07) is 4.86. The van der Waals surface area contributed by atoms with Crippen molar-refractivity contribution in [3.8, 4) is 17.6 Å². The lowest BCUT2D eigenvalue weighted by Gasteiger charge is -2.08. The zero-order chi connectivity index (χ0) is 13.8. The Labute approximate surface area is 115 Å². The van der Waals surface area contributed by atoms with E-state index < -0.39 is 5.97 Å². The fraction of sp³-hybridized carbons (Fsp3) is 0.357. The zero-order valence-electron chi connectivity index (χ0n) is 10.6. The summed E-state index contributed by atoms with van der Waals surface area (Å²) in [4.78, 5) is 11.0. The standard InChI is InChI=1S/C14H15BrO3/c1-14(2,3)7-4-8-18-12-6-5-10(15)9-11(12)13(16)17/h5-6,9H,8H2,1-3H3,(H,16,17). The maximum absolute atomic E-state index is 11.0. The first-order valence-electron chi connectivity index (χ1n) is 5.45. The van der Waals surface area contributed by atoms with E-state index >= 15 is 0 Å². The molecule has 0 spiro atoms. The second-order valence-corrected chi connectivity index (χ2v) is 5.70. The minimum Gasteiger partial charge on any atom is -0.480 e. The van der Waals surface area contributed by atoms with Crippen LogP contribution in [-0.2, 0) is 0 Å². The number of carboxylic acid groups (broad SMARTS) is 1. The van der Waals surface area contributed by atoms with E-state index in [0.717, 1.165) is 0 Å². The summed E-state index contributed by atoms with van der Waals surface area (Å²) in [5, 5.41) is 9.04. The number of benzene rings is 1. The van der Waals surface area contributed by atoms with Crippen molar-refractivity contribution in [2.45, 2.75) is 20.8 Å². The molecular weight excluding hydrogens is 296 g/mol. The molecule has 1 aromatic carbocycles. The lowest BCUT2D eigenvalue weighted by atomic mass is 9.98. The summed E-state index contributed by atoms with van der Waals surface area (Å²) < 4.78 is 6.08. The van der Waals surface area contributed by atoms with Crippen molar-refractivity contribution in [3.05, 3.63) is 28.2 Å². The van der Waals surface area contributed by atoms with Gasteiger partial charge in [0.1, 0.15) is 17.9 Å². The molecule has 0 amide bonds. The Morgan fingerprint density at radius 3 is 2.67 bits per heavy atom. The molecule has 0 saturated heterocycles. The smallest absolute Gasteiger partial charge is 0.339 e. The van der Waals surface area contributed by atoms with E-state index in [9.17, 15) is 4.79 Å². The quantitative estimate of drug-likeness (QED) is 0.868. The molecule has 1 aromatic rings. The molecule has 0 aliphatic carbocycles. The van der Waals surface area contributed by atoms with E-state index in [1.54, 1.807) is 12.1 Å². The molecule has 1 rings (SSSR count). The molecule has 4 heteroatoms. The topological polar surface area (TPSA) is 46.5 Å². The van der Waals surface area contributed by atoms with Crippen LogP contribution in [0, 0.1) is 17.3 Å². The monoisotopic (exact) mass is 310 g/mol. The Morgan fingerprint density at radius 2 is 2.11 bits per heavy atom. The molecule has 0 heterocycles. The summed E-state index contributed by atoms with van der Waals surface area (Å²) >= 11 is 3.23. The molecule has 0 bridgehead atoms. The molecule has 0 fully saturated rings. The van der Waals surface area contributed by atoms with Crippen LogP contribution < -0.4 is 4.74 Å². The molecule has 0 radical (unpaired) electrons. The van der Waals surface area contributed by atoms with Gasteiger partial charge in [-0.1, -0.05) is 27.8 Å². The molecule has 0 atom stereocenters. The van der Waals surface area contributed by atoms with Crippen LogP contribution in [0.25, 0.3) is 0 Å². The van der Waals surface area contributed by atoms with Crippen LogP contribution in [0.1, 0.15) is 31.1 Å². The molecule has 0 aliphatic rings. The van der Waals surface area contributed by atoms with Crippen molar-refractivity contribution in [1.82, 2.24) is 0 Å².